The van der Waals surface area contributed by atoms with Crippen molar-refractivity contribution < 1.29 is 28.5 Å². The van der Waals surface area contributed by atoms with Crippen LogP contribution in [0.5, 0.6) is 0 Å². The van der Waals surface area contributed by atoms with E-state index in [-0.39, 0.29) is 18.3 Å². The van der Waals surface area contributed by atoms with Crippen molar-refractivity contribution >= 4 is 29.4 Å². The molecule has 49 heavy (non-hydrogen) atoms. The third kappa shape index (κ3) is 7.10. The number of morpholine rings is 1. The van der Waals surface area contributed by atoms with Crippen LogP contribution in [0, 0.1) is 0 Å². The Bertz CT molecular complexity index is 1780. The third-order valence-corrected chi connectivity index (χ3v) is 8.84. The fraction of sp³-hybridized carbons (Fsp3) is 0.412. The molecule has 0 bridgehead atoms. The molecule has 0 amide bonds. The van der Waals surface area contributed by atoms with E-state index in [1.807, 2.05) is 43.3 Å². The Labute approximate surface area is 282 Å². The fourth-order valence-electron chi connectivity index (χ4n) is 6.27. The maximum absolute atomic E-state index is 11.5. The third-order valence-electron chi connectivity index (χ3n) is 8.84. The fourth-order valence-corrected chi connectivity index (χ4v) is 6.27. The van der Waals surface area contributed by atoms with Gasteiger partial charge in [0.1, 0.15) is 6.10 Å². The second kappa shape index (κ2) is 15.1. The predicted molar refractivity (Wildman–Crippen MR) is 178 cm³/mol. The minimum absolute atomic E-state index is 0.0247. The average molecular weight is 670 g/mol. The second-order valence-electron chi connectivity index (χ2n) is 11.9. The van der Waals surface area contributed by atoms with Crippen LogP contribution in [0.3, 0.4) is 0 Å². The van der Waals surface area contributed by atoms with Crippen molar-refractivity contribution in [2.24, 2.45) is 0 Å². The smallest absolute Gasteiger partial charge is 0.293 e. The van der Waals surface area contributed by atoms with E-state index in [0.717, 1.165) is 30.8 Å². The van der Waals surface area contributed by atoms with Crippen LogP contribution in [0.1, 0.15) is 48.1 Å². The largest absolute Gasteiger partial charge is 0.458 e. The molecule has 256 valence electrons. The van der Waals surface area contributed by atoms with Crippen molar-refractivity contribution in [3.05, 3.63) is 89.9 Å². The van der Waals surface area contributed by atoms with E-state index < -0.39 is 24.5 Å². The molecule has 0 saturated carbocycles. The molecule has 2 fully saturated rings. The molecule has 7 rings (SSSR count). The Morgan fingerprint density at radius 3 is 2.43 bits per heavy atom. The summed E-state index contributed by atoms with van der Waals surface area (Å²) in [5.74, 6) is 1.43. The number of carbonyl (C=O) groups is 1. The number of aromatic nitrogens is 6. The van der Waals surface area contributed by atoms with Crippen LogP contribution in [0.25, 0.3) is 11.2 Å². The highest BCUT2D eigenvalue weighted by atomic mass is 16.6. The van der Waals surface area contributed by atoms with Gasteiger partial charge in [0.2, 0.25) is 17.7 Å². The van der Waals surface area contributed by atoms with Gasteiger partial charge in [-0.05, 0) is 11.1 Å². The van der Waals surface area contributed by atoms with Gasteiger partial charge in [-0.15, -0.1) is 10.2 Å². The Kier molecular flexibility index (Phi) is 10.0. The Morgan fingerprint density at radius 2 is 1.76 bits per heavy atom. The number of carbonyl (C=O) groups excluding carboxylic acids is 1. The van der Waals surface area contributed by atoms with Crippen molar-refractivity contribution in [3.8, 4) is 0 Å². The first-order valence-electron chi connectivity index (χ1n) is 16.5. The first-order valence-corrected chi connectivity index (χ1v) is 16.5. The lowest BCUT2D eigenvalue weighted by Gasteiger charge is -2.26. The van der Waals surface area contributed by atoms with E-state index in [4.69, 9.17) is 28.6 Å². The van der Waals surface area contributed by atoms with Crippen molar-refractivity contribution in [3.63, 3.8) is 0 Å². The SMILES string of the molecule is CCc1nnc([C@H]2O[C@@H](n3cnc4c(NCC(c5ccccc5)c5ccccc5)nc(NCCN5CCOCC5)nc43)[C@H](O)[C@@H]2OC=O)o1. The Balaban J connectivity index is 1.21. The van der Waals surface area contributed by atoms with Gasteiger partial charge in [-0.1, -0.05) is 67.6 Å². The number of benzene rings is 2. The first-order chi connectivity index (χ1) is 24.1. The molecule has 0 spiro atoms. The maximum atomic E-state index is 11.5. The van der Waals surface area contributed by atoms with Crippen molar-refractivity contribution in [1.29, 1.82) is 0 Å². The van der Waals surface area contributed by atoms with Gasteiger partial charge in [-0.2, -0.15) is 9.97 Å². The van der Waals surface area contributed by atoms with E-state index in [2.05, 4.69) is 55.0 Å². The molecule has 0 radical (unpaired) electrons. The zero-order valence-electron chi connectivity index (χ0n) is 27.1. The normalized spacial score (nSPS) is 21.3. The number of hydrogen-bond donors (Lipinski definition) is 3. The molecule has 4 atom stereocenters. The molecule has 2 aromatic carbocycles. The minimum atomic E-state index is -1.30. The molecule has 15 heteroatoms. The number of aliphatic hydroxyl groups is 1. The number of nitrogens with zero attached hydrogens (tertiary/aromatic N) is 7. The summed E-state index contributed by atoms with van der Waals surface area (Å²) in [6, 6.07) is 20.6. The molecule has 2 aliphatic heterocycles. The van der Waals surface area contributed by atoms with Crippen LogP contribution >= 0.6 is 0 Å². The van der Waals surface area contributed by atoms with E-state index in [1.165, 1.54) is 6.33 Å². The lowest BCUT2D eigenvalue weighted by atomic mass is 9.91. The van der Waals surface area contributed by atoms with Crippen LogP contribution in [0.15, 0.2) is 71.4 Å². The van der Waals surface area contributed by atoms with Gasteiger partial charge in [0, 0.05) is 45.1 Å². The van der Waals surface area contributed by atoms with E-state index in [9.17, 15) is 9.90 Å². The highest BCUT2D eigenvalue weighted by Crippen LogP contribution is 2.41. The number of aryl methyl sites for hydroxylation is 1. The number of hydrogen-bond acceptors (Lipinski definition) is 14. The number of ether oxygens (including phenoxy) is 3. The molecule has 5 aromatic rings. The Hall–Kier alpha value is -4.96. The summed E-state index contributed by atoms with van der Waals surface area (Å²) in [6.45, 7) is 7.22. The number of imidazole rings is 1. The van der Waals surface area contributed by atoms with Gasteiger partial charge in [-0.25, -0.2) is 4.98 Å². The predicted octanol–water partition coefficient (Wildman–Crippen LogP) is 2.93. The summed E-state index contributed by atoms with van der Waals surface area (Å²) in [5, 5.41) is 26.4. The Morgan fingerprint density at radius 1 is 1.02 bits per heavy atom. The molecule has 2 aliphatic rings. The van der Waals surface area contributed by atoms with Gasteiger partial charge in [-0.3, -0.25) is 14.3 Å². The van der Waals surface area contributed by atoms with Crippen LogP contribution in [-0.2, 0) is 25.4 Å². The number of nitrogens with one attached hydrogen (secondary N) is 2. The number of anilines is 2. The van der Waals surface area contributed by atoms with Gasteiger partial charge in [0.25, 0.3) is 6.47 Å². The first kappa shape index (κ1) is 32.6. The molecular formula is C34H39N9O6. The summed E-state index contributed by atoms with van der Waals surface area (Å²) in [6.07, 6.45) is -2.39. The standard InChI is InChI=1S/C34H39N9O6/c1-2-25-40-41-32(48-25)29-28(47-21-44)27(45)33(49-29)43-20-37-26-30(38-34(39-31(26)43)35-13-14-42-15-17-46-18-16-42)36-19-24(22-9-5-3-6-10-22)23-11-7-4-8-12-23/h3-12,20-21,24,27-29,33,45H,2,13-19H2,1H3,(H2,35,36,38,39)/t27-,28+,29+,33-/m1/s1. The monoisotopic (exact) mass is 669 g/mol. The van der Waals surface area contributed by atoms with E-state index in [1.54, 1.807) is 4.57 Å². The summed E-state index contributed by atoms with van der Waals surface area (Å²) in [4.78, 5) is 28.1. The molecule has 2 saturated heterocycles. The van der Waals surface area contributed by atoms with Crippen molar-refractivity contribution in [2.75, 3.05) is 56.6 Å². The molecule has 0 unspecified atom stereocenters. The van der Waals surface area contributed by atoms with Gasteiger partial charge in [0.15, 0.2) is 35.4 Å². The number of rotatable bonds is 14. The number of aliphatic hydroxyl groups excluding tert-OH is 1. The highest BCUT2D eigenvalue weighted by Gasteiger charge is 2.50. The summed E-state index contributed by atoms with van der Waals surface area (Å²) >= 11 is 0. The molecular weight excluding hydrogens is 630 g/mol. The topological polar surface area (TPSA) is 175 Å². The number of fused-ring (bicyclic) bond motifs is 1. The van der Waals surface area contributed by atoms with Crippen molar-refractivity contribution in [2.45, 2.75) is 43.8 Å². The van der Waals surface area contributed by atoms with Gasteiger partial charge < -0.3 is 34.4 Å². The zero-order chi connectivity index (χ0) is 33.6. The average Bonchev–Trinajstić information content (AvgIpc) is 3.88. The minimum Gasteiger partial charge on any atom is -0.458 e. The van der Waals surface area contributed by atoms with Crippen LogP contribution in [0.4, 0.5) is 11.8 Å². The molecule has 3 N–H and O–H groups in total. The lowest BCUT2D eigenvalue weighted by molar-refractivity contribution is -0.140. The highest BCUT2D eigenvalue weighted by molar-refractivity contribution is 5.84. The molecule has 15 nitrogen and oxygen atoms in total. The second-order valence-corrected chi connectivity index (χ2v) is 11.9. The lowest BCUT2D eigenvalue weighted by Crippen LogP contribution is -2.39. The molecule has 3 aromatic heterocycles. The van der Waals surface area contributed by atoms with E-state index >= 15 is 0 Å². The summed E-state index contributed by atoms with van der Waals surface area (Å²) in [7, 11) is 0. The van der Waals surface area contributed by atoms with E-state index in [0.29, 0.717) is 61.5 Å². The van der Waals surface area contributed by atoms with Crippen LogP contribution < -0.4 is 10.6 Å². The quantitative estimate of drug-likeness (QED) is 0.147. The van der Waals surface area contributed by atoms with Crippen LogP contribution in [-0.4, -0.2) is 104 Å². The summed E-state index contributed by atoms with van der Waals surface area (Å²) < 4.78 is 24.4. The zero-order valence-corrected chi connectivity index (χ0v) is 27.1. The summed E-state index contributed by atoms with van der Waals surface area (Å²) in [5.41, 5.74) is 3.21. The van der Waals surface area contributed by atoms with Gasteiger partial charge in [0.05, 0.1) is 19.5 Å². The molecule has 0 aliphatic carbocycles. The van der Waals surface area contributed by atoms with Crippen molar-refractivity contribution in [1.82, 2.24) is 34.6 Å². The van der Waals surface area contributed by atoms with Crippen LogP contribution in [0.2, 0.25) is 0 Å². The van der Waals surface area contributed by atoms with Gasteiger partial charge >= 0.3 is 0 Å². The maximum Gasteiger partial charge on any atom is 0.293 e. The molecule has 5 heterocycles.